The fourth-order valence-corrected chi connectivity index (χ4v) is 0.574. The molecule has 0 aliphatic rings. The first kappa shape index (κ1) is 7.65. The maximum atomic E-state index is 10.7. The molecule has 0 saturated heterocycles. The SMILES string of the molecule is CCC(=O)Oc1ccc(N)o1. The Labute approximate surface area is 63.9 Å². The highest BCUT2D eigenvalue weighted by Crippen LogP contribution is 2.17. The van der Waals surface area contributed by atoms with Crippen LogP contribution >= 0.6 is 0 Å². The minimum Gasteiger partial charge on any atom is -0.410 e. The molecule has 0 radical (unpaired) electrons. The van der Waals surface area contributed by atoms with E-state index in [1.165, 1.54) is 12.1 Å². The van der Waals surface area contributed by atoms with Crippen LogP contribution in [0, 0.1) is 0 Å². The summed E-state index contributed by atoms with van der Waals surface area (Å²) in [7, 11) is 0. The van der Waals surface area contributed by atoms with Gasteiger partial charge in [-0.15, -0.1) is 0 Å². The van der Waals surface area contributed by atoms with E-state index in [2.05, 4.69) is 0 Å². The lowest BCUT2D eigenvalue weighted by Gasteiger charge is -1.95. The van der Waals surface area contributed by atoms with Crippen molar-refractivity contribution >= 4 is 11.9 Å². The van der Waals surface area contributed by atoms with Crippen molar-refractivity contribution in [1.82, 2.24) is 0 Å². The average molecular weight is 155 g/mol. The summed E-state index contributed by atoms with van der Waals surface area (Å²) in [6.45, 7) is 1.70. The zero-order chi connectivity index (χ0) is 8.27. The highest BCUT2D eigenvalue weighted by Gasteiger charge is 2.04. The molecule has 1 aromatic rings. The molecule has 0 aliphatic heterocycles. The van der Waals surface area contributed by atoms with Gasteiger partial charge in [-0.1, -0.05) is 6.92 Å². The Hall–Kier alpha value is -1.45. The van der Waals surface area contributed by atoms with E-state index in [1.807, 2.05) is 0 Å². The van der Waals surface area contributed by atoms with Crippen molar-refractivity contribution in [2.45, 2.75) is 13.3 Å². The van der Waals surface area contributed by atoms with Crippen molar-refractivity contribution in [3.8, 4) is 5.95 Å². The molecule has 4 nitrogen and oxygen atoms in total. The highest BCUT2D eigenvalue weighted by atomic mass is 16.6. The molecule has 2 N–H and O–H groups in total. The smallest absolute Gasteiger partial charge is 0.313 e. The van der Waals surface area contributed by atoms with E-state index >= 15 is 0 Å². The first-order valence-electron chi connectivity index (χ1n) is 3.28. The van der Waals surface area contributed by atoms with Gasteiger partial charge in [-0.2, -0.15) is 0 Å². The number of hydrogen-bond donors (Lipinski definition) is 1. The van der Waals surface area contributed by atoms with Crippen LogP contribution in [0.4, 0.5) is 5.88 Å². The summed E-state index contributed by atoms with van der Waals surface area (Å²) < 4.78 is 9.49. The number of carbonyl (C=O) groups excluding carboxylic acids is 1. The van der Waals surface area contributed by atoms with Gasteiger partial charge in [0, 0.05) is 18.6 Å². The van der Waals surface area contributed by atoms with Gasteiger partial charge in [0.1, 0.15) is 0 Å². The number of nitrogens with two attached hydrogens (primary N) is 1. The van der Waals surface area contributed by atoms with Gasteiger partial charge in [-0.3, -0.25) is 4.79 Å². The van der Waals surface area contributed by atoms with Crippen molar-refractivity contribution < 1.29 is 13.9 Å². The molecule has 0 saturated carbocycles. The number of hydrogen-bond acceptors (Lipinski definition) is 4. The number of esters is 1. The predicted molar refractivity (Wildman–Crippen MR) is 39.0 cm³/mol. The first-order chi connectivity index (χ1) is 5.22. The van der Waals surface area contributed by atoms with Crippen molar-refractivity contribution in [2.24, 2.45) is 0 Å². The van der Waals surface area contributed by atoms with E-state index in [1.54, 1.807) is 6.92 Å². The Balaban J connectivity index is 2.57. The van der Waals surface area contributed by atoms with E-state index in [0.29, 0.717) is 6.42 Å². The van der Waals surface area contributed by atoms with Crippen LogP contribution in [0.5, 0.6) is 5.95 Å². The molecular formula is C7H9NO3. The molecule has 1 aromatic heterocycles. The van der Waals surface area contributed by atoms with Crippen LogP contribution in [0.15, 0.2) is 16.5 Å². The second-order valence-electron chi connectivity index (χ2n) is 1.98. The lowest BCUT2D eigenvalue weighted by atomic mass is 10.5. The lowest BCUT2D eigenvalue weighted by molar-refractivity contribution is -0.135. The molecule has 0 aliphatic carbocycles. The van der Waals surface area contributed by atoms with Crippen LogP contribution in [0.1, 0.15) is 13.3 Å². The van der Waals surface area contributed by atoms with E-state index in [-0.39, 0.29) is 17.8 Å². The Morgan fingerprint density at radius 3 is 2.91 bits per heavy atom. The molecule has 1 heterocycles. The van der Waals surface area contributed by atoms with Gasteiger partial charge >= 0.3 is 5.97 Å². The summed E-state index contributed by atoms with van der Waals surface area (Å²) in [5.74, 6) is 0.0533. The van der Waals surface area contributed by atoms with Gasteiger partial charge in [0.15, 0.2) is 5.88 Å². The molecule has 0 atom stereocenters. The molecule has 60 valence electrons. The number of rotatable bonds is 2. The second-order valence-corrected chi connectivity index (χ2v) is 1.98. The van der Waals surface area contributed by atoms with Crippen LogP contribution < -0.4 is 10.5 Å². The van der Waals surface area contributed by atoms with Gasteiger partial charge in [0.2, 0.25) is 0 Å². The van der Waals surface area contributed by atoms with Crippen LogP contribution in [0.25, 0.3) is 0 Å². The molecule has 0 bridgehead atoms. The summed E-state index contributed by atoms with van der Waals surface area (Å²) in [5.41, 5.74) is 5.24. The van der Waals surface area contributed by atoms with Gasteiger partial charge in [-0.25, -0.2) is 0 Å². The monoisotopic (exact) mass is 155 g/mol. The Kier molecular flexibility index (Phi) is 2.15. The van der Waals surface area contributed by atoms with E-state index < -0.39 is 0 Å². The molecular weight excluding hydrogens is 146 g/mol. The number of furan rings is 1. The second kappa shape index (κ2) is 3.09. The number of anilines is 1. The number of nitrogen functional groups attached to an aromatic ring is 1. The normalized spacial score (nSPS) is 9.55. The summed E-state index contributed by atoms with van der Waals surface area (Å²) in [6.07, 6.45) is 0.320. The van der Waals surface area contributed by atoms with Crippen LogP contribution in [-0.4, -0.2) is 5.97 Å². The first-order valence-corrected chi connectivity index (χ1v) is 3.28. The number of carbonyl (C=O) groups is 1. The maximum Gasteiger partial charge on any atom is 0.313 e. The summed E-state index contributed by atoms with van der Waals surface area (Å²) >= 11 is 0. The molecule has 1 rings (SSSR count). The summed E-state index contributed by atoms with van der Waals surface area (Å²) in [4.78, 5) is 10.7. The third kappa shape index (κ3) is 2.00. The van der Waals surface area contributed by atoms with Crippen LogP contribution in [0.2, 0.25) is 0 Å². The highest BCUT2D eigenvalue weighted by molar-refractivity contribution is 5.71. The molecule has 0 aromatic carbocycles. The van der Waals surface area contributed by atoms with Gasteiger partial charge in [-0.05, 0) is 0 Å². The van der Waals surface area contributed by atoms with Crippen LogP contribution in [0.3, 0.4) is 0 Å². The average Bonchev–Trinajstić information content (AvgIpc) is 2.35. The van der Waals surface area contributed by atoms with E-state index in [4.69, 9.17) is 14.9 Å². The fourth-order valence-electron chi connectivity index (χ4n) is 0.574. The molecule has 0 spiro atoms. The third-order valence-electron chi connectivity index (χ3n) is 1.11. The zero-order valence-corrected chi connectivity index (χ0v) is 6.16. The molecule has 0 fully saturated rings. The summed E-state index contributed by atoms with van der Waals surface area (Å²) in [5, 5.41) is 0. The van der Waals surface area contributed by atoms with E-state index in [0.717, 1.165) is 0 Å². The van der Waals surface area contributed by atoms with Gasteiger partial charge in [0.25, 0.3) is 5.95 Å². The minimum absolute atomic E-state index is 0.148. The Morgan fingerprint density at radius 1 is 1.73 bits per heavy atom. The number of ether oxygens (including phenoxy) is 1. The Bertz CT molecular complexity index is 254. The lowest BCUT2D eigenvalue weighted by Crippen LogP contribution is -2.04. The minimum atomic E-state index is -0.334. The molecule has 11 heavy (non-hydrogen) atoms. The molecule has 0 unspecified atom stereocenters. The zero-order valence-electron chi connectivity index (χ0n) is 6.16. The third-order valence-corrected chi connectivity index (χ3v) is 1.11. The predicted octanol–water partition coefficient (Wildman–Crippen LogP) is 1.18. The molecule has 0 amide bonds. The largest absolute Gasteiger partial charge is 0.410 e. The van der Waals surface area contributed by atoms with Crippen LogP contribution in [-0.2, 0) is 4.79 Å². The summed E-state index contributed by atoms with van der Waals surface area (Å²) in [6, 6.07) is 3.03. The maximum absolute atomic E-state index is 10.7. The quantitative estimate of drug-likeness (QED) is 0.651. The van der Waals surface area contributed by atoms with Crippen molar-refractivity contribution in [1.29, 1.82) is 0 Å². The topological polar surface area (TPSA) is 65.5 Å². The van der Waals surface area contributed by atoms with E-state index in [9.17, 15) is 4.79 Å². The van der Waals surface area contributed by atoms with Crippen molar-refractivity contribution in [3.63, 3.8) is 0 Å². The van der Waals surface area contributed by atoms with Gasteiger partial charge < -0.3 is 14.9 Å². The van der Waals surface area contributed by atoms with Crippen molar-refractivity contribution in [3.05, 3.63) is 12.1 Å². The Morgan fingerprint density at radius 2 is 2.45 bits per heavy atom. The standard InChI is InChI=1S/C7H9NO3/c1-2-6(9)11-7-4-3-5(8)10-7/h3-4H,2,8H2,1H3. The van der Waals surface area contributed by atoms with Crippen molar-refractivity contribution in [2.75, 3.05) is 5.73 Å². The molecule has 4 heteroatoms. The fraction of sp³-hybridized carbons (Fsp3) is 0.286. The van der Waals surface area contributed by atoms with Gasteiger partial charge in [0.05, 0.1) is 0 Å².